The van der Waals surface area contributed by atoms with Crippen LogP contribution in [0.25, 0.3) is 10.4 Å². The van der Waals surface area contributed by atoms with Gasteiger partial charge >= 0.3 is 0 Å². The van der Waals surface area contributed by atoms with Crippen molar-refractivity contribution in [3.63, 3.8) is 0 Å². The Hall–Kier alpha value is -2.07. The van der Waals surface area contributed by atoms with Gasteiger partial charge in [-0.1, -0.05) is 6.92 Å². The van der Waals surface area contributed by atoms with Crippen LogP contribution in [0.3, 0.4) is 0 Å². The SMILES string of the molecule is CCC(c1ncc[nH]1)c1ccc(-c2ccc(OC)cc2)s1. The summed E-state index contributed by atoms with van der Waals surface area (Å²) >= 11 is 1.83. The number of nitrogens with zero attached hydrogens (tertiary/aromatic N) is 1. The summed E-state index contributed by atoms with van der Waals surface area (Å²) in [6.07, 6.45) is 4.74. The average molecular weight is 298 g/mol. The summed E-state index contributed by atoms with van der Waals surface area (Å²) in [6, 6.07) is 12.6. The normalized spacial score (nSPS) is 12.3. The second-order valence-electron chi connectivity index (χ2n) is 4.87. The molecular formula is C17H18N2OS. The number of methoxy groups -OCH3 is 1. The molecule has 0 radical (unpaired) electrons. The lowest BCUT2D eigenvalue weighted by Crippen LogP contribution is -1.99. The third-order valence-electron chi connectivity index (χ3n) is 3.60. The third-order valence-corrected chi connectivity index (χ3v) is 4.85. The van der Waals surface area contributed by atoms with Crippen LogP contribution in [0.4, 0.5) is 0 Å². The van der Waals surface area contributed by atoms with E-state index in [0.29, 0.717) is 5.92 Å². The minimum Gasteiger partial charge on any atom is -0.497 e. The van der Waals surface area contributed by atoms with Gasteiger partial charge in [-0.05, 0) is 48.4 Å². The molecule has 0 aliphatic heterocycles. The molecule has 1 N–H and O–H groups in total. The van der Waals surface area contributed by atoms with Gasteiger partial charge in [0.05, 0.1) is 13.0 Å². The molecule has 2 aromatic heterocycles. The summed E-state index contributed by atoms with van der Waals surface area (Å²) in [5.41, 5.74) is 1.22. The zero-order valence-electron chi connectivity index (χ0n) is 12.2. The fraction of sp³-hybridized carbons (Fsp3) is 0.235. The molecule has 0 aliphatic rings. The van der Waals surface area contributed by atoms with Gasteiger partial charge in [0, 0.05) is 22.1 Å². The first-order valence-electron chi connectivity index (χ1n) is 7.05. The summed E-state index contributed by atoms with van der Waals surface area (Å²) in [5, 5.41) is 0. The van der Waals surface area contributed by atoms with Crippen molar-refractivity contribution >= 4 is 11.3 Å². The number of ether oxygens (including phenoxy) is 1. The van der Waals surface area contributed by atoms with Crippen LogP contribution in [-0.4, -0.2) is 17.1 Å². The van der Waals surface area contributed by atoms with Crippen molar-refractivity contribution in [2.24, 2.45) is 0 Å². The van der Waals surface area contributed by atoms with E-state index in [-0.39, 0.29) is 0 Å². The summed E-state index contributed by atoms with van der Waals surface area (Å²) in [6.45, 7) is 2.19. The Bertz CT molecular complexity index is 686. The van der Waals surface area contributed by atoms with Crippen LogP contribution >= 0.6 is 11.3 Å². The lowest BCUT2D eigenvalue weighted by molar-refractivity contribution is 0.415. The molecule has 3 nitrogen and oxygen atoms in total. The van der Waals surface area contributed by atoms with Crippen LogP contribution in [0.5, 0.6) is 5.75 Å². The van der Waals surface area contributed by atoms with Gasteiger partial charge in [-0.15, -0.1) is 11.3 Å². The van der Waals surface area contributed by atoms with Gasteiger partial charge in [0.15, 0.2) is 0 Å². The Kier molecular flexibility index (Phi) is 4.06. The van der Waals surface area contributed by atoms with Crippen LogP contribution in [0.15, 0.2) is 48.8 Å². The predicted octanol–water partition coefficient (Wildman–Crippen LogP) is 4.69. The van der Waals surface area contributed by atoms with E-state index >= 15 is 0 Å². The molecule has 21 heavy (non-hydrogen) atoms. The molecule has 0 aliphatic carbocycles. The maximum absolute atomic E-state index is 5.21. The van der Waals surface area contributed by atoms with Gasteiger partial charge in [0.2, 0.25) is 0 Å². The van der Waals surface area contributed by atoms with E-state index in [4.69, 9.17) is 4.74 Å². The van der Waals surface area contributed by atoms with E-state index in [2.05, 4.69) is 41.2 Å². The van der Waals surface area contributed by atoms with Crippen molar-refractivity contribution in [2.45, 2.75) is 19.3 Å². The summed E-state index contributed by atoms with van der Waals surface area (Å²) in [5.74, 6) is 2.27. The Morgan fingerprint density at radius 3 is 2.62 bits per heavy atom. The fourth-order valence-electron chi connectivity index (χ4n) is 2.45. The molecule has 0 saturated carbocycles. The molecule has 3 rings (SSSR count). The first-order chi connectivity index (χ1) is 10.3. The van der Waals surface area contributed by atoms with Crippen LogP contribution in [0, 0.1) is 0 Å². The van der Waals surface area contributed by atoms with Gasteiger partial charge in [-0.3, -0.25) is 0 Å². The number of H-pyrrole nitrogens is 1. The molecule has 1 atom stereocenters. The molecule has 1 aromatic carbocycles. The number of rotatable bonds is 5. The van der Waals surface area contributed by atoms with E-state index in [1.54, 1.807) is 7.11 Å². The Labute approximate surface area is 128 Å². The smallest absolute Gasteiger partial charge is 0.118 e. The van der Waals surface area contributed by atoms with Gasteiger partial charge in [-0.2, -0.15) is 0 Å². The maximum atomic E-state index is 5.21. The number of thiophene rings is 1. The number of hydrogen-bond donors (Lipinski definition) is 1. The maximum Gasteiger partial charge on any atom is 0.118 e. The van der Waals surface area contributed by atoms with Gasteiger partial charge in [-0.25, -0.2) is 4.98 Å². The number of benzene rings is 1. The minimum absolute atomic E-state index is 0.344. The fourth-order valence-corrected chi connectivity index (χ4v) is 3.65. The van der Waals surface area contributed by atoms with Crippen LogP contribution < -0.4 is 4.74 Å². The van der Waals surface area contributed by atoms with E-state index in [0.717, 1.165) is 18.0 Å². The van der Waals surface area contributed by atoms with E-state index < -0.39 is 0 Å². The lowest BCUT2D eigenvalue weighted by Gasteiger charge is -2.09. The second-order valence-corrected chi connectivity index (χ2v) is 5.98. The molecule has 3 aromatic rings. The van der Waals surface area contributed by atoms with Crippen molar-refractivity contribution in [1.29, 1.82) is 0 Å². The average Bonchev–Trinajstić information content (AvgIpc) is 3.20. The predicted molar refractivity (Wildman–Crippen MR) is 87.0 cm³/mol. The first kappa shape index (κ1) is 13.9. The number of imidazole rings is 1. The van der Waals surface area contributed by atoms with E-state index in [1.165, 1.54) is 15.3 Å². The topological polar surface area (TPSA) is 37.9 Å². The van der Waals surface area contributed by atoms with Crippen molar-refractivity contribution in [3.8, 4) is 16.2 Å². The highest BCUT2D eigenvalue weighted by Gasteiger charge is 2.17. The van der Waals surface area contributed by atoms with Crippen molar-refractivity contribution in [1.82, 2.24) is 9.97 Å². The standard InChI is InChI=1S/C17H18N2OS/c1-3-14(17-18-10-11-19-17)16-9-8-15(21-16)12-4-6-13(20-2)7-5-12/h4-11,14H,3H2,1-2H3,(H,18,19). The van der Waals surface area contributed by atoms with Crippen LogP contribution in [0.2, 0.25) is 0 Å². The molecule has 4 heteroatoms. The molecule has 1 unspecified atom stereocenters. The van der Waals surface area contributed by atoms with E-state index in [1.807, 2.05) is 35.9 Å². The number of nitrogens with one attached hydrogen (secondary N) is 1. The molecule has 0 saturated heterocycles. The summed E-state index contributed by atoms with van der Waals surface area (Å²) in [4.78, 5) is 10.3. The first-order valence-corrected chi connectivity index (χ1v) is 7.87. The highest BCUT2D eigenvalue weighted by molar-refractivity contribution is 7.15. The molecule has 0 fully saturated rings. The quantitative estimate of drug-likeness (QED) is 0.742. The van der Waals surface area contributed by atoms with Crippen molar-refractivity contribution in [3.05, 3.63) is 59.5 Å². The van der Waals surface area contributed by atoms with Crippen LogP contribution in [0.1, 0.15) is 30.0 Å². The Balaban J connectivity index is 1.88. The Morgan fingerprint density at radius 2 is 2.00 bits per heavy atom. The zero-order valence-corrected chi connectivity index (χ0v) is 13.0. The summed E-state index contributed by atoms with van der Waals surface area (Å²) < 4.78 is 5.21. The van der Waals surface area contributed by atoms with Gasteiger partial charge < -0.3 is 9.72 Å². The zero-order chi connectivity index (χ0) is 14.7. The molecule has 0 bridgehead atoms. The molecule has 108 valence electrons. The molecule has 0 amide bonds. The number of aromatic amines is 1. The second kappa shape index (κ2) is 6.14. The Morgan fingerprint density at radius 1 is 1.19 bits per heavy atom. The highest BCUT2D eigenvalue weighted by atomic mass is 32.1. The largest absolute Gasteiger partial charge is 0.497 e. The van der Waals surface area contributed by atoms with Gasteiger partial charge in [0.1, 0.15) is 11.6 Å². The van der Waals surface area contributed by atoms with Crippen LogP contribution in [-0.2, 0) is 0 Å². The summed E-state index contributed by atoms with van der Waals surface area (Å²) in [7, 11) is 1.69. The third kappa shape index (κ3) is 2.85. The van der Waals surface area contributed by atoms with Crippen molar-refractivity contribution < 1.29 is 4.74 Å². The molecule has 2 heterocycles. The lowest BCUT2D eigenvalue weighted by atomic mass is 10.0. The monoisotopic (exact) mass is 298 g/mol. The molecule has 0 spiro atoms. The molecular weight excluding hydrogens is 280 g/mol. The van der Waals surface area contributed by atoms with E-state index in [9.17, 15) is 0 Å². The van der Waals surface area contributed by atoms with Crippen molar-refractivity contribution in [2.75, 3.05) is 7.11 Å². The number of hydrogen-bond acceptors (Lipinski definition) is 3. The van der Waals surface area contributed by atoms with Gasteiger partial charge in [0.25, 0.3) is 0 Å². The minimum atomic E-state index is 0.344. The number of aromatic nitrogens is 2. The highest BCUT2D eigenvalue weighted by Crippen LogP contribution is 2.36.